The van der Waals surface area contributed by atoms with Crippen molar-refractivity contribution >= 4 is 5.96 Å². The van der Waals surface area contributed by atoms with Gasteiger partial charge in [-0.05, 0) is 42.3 Å². The van der Waals surface area contributed by atoms with Crippen LogP contribution in [0.15, 0.2) is 47.5 Å². The Morgan fingerprint density at radius 2 is 1.69 bits per heavy atom. The number of hydrogen-bond donors (Lipinski definition) is 2. The minimum atomic E-state index is -0.133. The largest absolute Gasteiger partial charge is 0.497 e. The molecule has 0 bridgehead atoms. The average molecular weight is 400 g/mol. The van der Waals surface area contributed by atoms with Crippen LogP contribution in [0, 0.1) is 0 Å². The summed E-state index contributed by atoms with van der Waals surface area (Å²) in [5, 5.41) is 6.77. The summed E-state index contributed by atoms with van der Waals surface area (Å²) < 4.78 is 16.1. The maximum atomic E-state index is 5.45. The molecule has 158 valence electrons. The molecular formula is C23H33N3O3. The molecule has 2 rings (SSSR count). The minimum absolute atomic E-state index is 0.133. The van der Waals surface area contributed by atoms with Crippen molar-refractivity contribution in [3.63, 3.8) is 0 Å². The lowest BCUT2D eigenvalue weighted by molar-refractivity contribution is 0.353. The Balaban J connectivity index is 2.09. The Morgan fingerprint density at radius 1 is 0.931 bits per heavy atom. The summed E-state index contributed by atoms with van der Waals surface area (Å²) in [4.78, 5) is 4.71. The van der Waals surface area contributed by atoms with E-state index in [1.807, 2.05) is 36.4 Å². The molecule has 0 spiro atoms. The second-order valence-electron chi connectivity index (χ2n) is 7.35. The first-order valence-electron chi connectivity index (χ1n) is 9.81. The molecule has 2 aromatic rings. The maximum absolute atomic E-state index is 5.45. The maximum Gasteiger partial charge on any atom is 0.191 e. The van der Waals surface area contributed by atoms with E-state index in [2.05, 4.69) is 37.5 Å². The van der Waals surface area contributed by atoms with Crippen LogP contribution in [-0.2, 0) is 12.0 Å². The average Bonchev–Trinajstić information content (AvgIpc) is 2.75. The third-order valence-corrected chi connectivity index (χ3v) is 4.76. The minimum Gasteiger partial charge on any atom is -0.497 e. The summed E-state index contributed by atoms with van der Waals surface area (Å²) >= 11 is 0. The lowest BCUT2D eigenvalue weighted by Gasteiger charge is -2.27. The van der Waals surface area contributed by atoms with Crippen LogP contribution in [0.5, 0.6) is 17.2 Å². The third-order valence-electron chi connectivity index (χ3n) is 4.76. The van der Waals surface area contributed by atoms with E-state index in [-0.39, 0.29) is 5.41 Å². The number of benzene rings is 2. The number of aliphatic imine (C=N–C) groups is 1. The smallest absolute Gasteiger partial charge is 0.191 e. The lowest BCUT2D eigenvalue weighted by Crippen LogP contribution is -2.43. The zero-order chi connectivity index (χ0) is 21.3. The first-order valence-corrected chi connectivity index (χ1v) is 9.81. The van der Waals surface area contributed by atoms with Crippen LogP contribution in [0.2, 0.25) is 0 Å². The van der Waals surface area contributed by atoms with Gasteiger partial charge in [0.25, 0.3) is 0 Å². The molecule has 0 unspecified atom stereocenters. The number of rotatable bonds is 9. The van der Waals surface area contributed by atoms with E-state index in [9.17, 15) is 0 Å². The summed E-state index contributed by atoms with van der Waals surface area (Å²) in [6.45, 7) is 8.51. The highest BCUT2D eigenvalue weighted by Crippen LogP contribution is 2.32. The quantitative estimate of drug-likeness (QED) is 0.497. The molecule has 0 fully saturated rings. The van der Waals surface area contributed by atoms with Crippen molar-refractivity contribution in [3.8, 4) is 17.2 Å². The third kappa shape index (κ3) is 6.31. The van der Waals surface area contributed by atoms with Crippen molar-refractivity contribution in [1.82, 2.24) is 10.6 Å². The normalized spacial score (nSPS) is 11.7. The van der Waals surface area contributed by atoms with E-state index in [0.29, 0.717) is 13.1 Å². The van der Waals surface area contributed by atoms with E-state index in [1.54, 1.807) is 21.3 Å². The zero-order valence-electron chi connectivity index (χ0n) is 18.3. The fraction of sp³-hybridized carbons (Fsp3) is 0.435. The summed E-state index contributed by atoms with van der Waals surface area (Å²) in [6.07, 6.45) is 0. The molecule has 0 aliphatic heterocycles. The Morgan fingerprint density at radius 3 is 2.34 bits per heavy atom. The molecule has 6 nitrogen and oxygen atoms in total. The molecule has 0 atom stereocenters. The Hall–Kier alpha value is -2.89. The van der Waals surface area contributed by atoms with Crippen molar-refractivity contribution < 1.29 is 14.2 Å². The Bertz CT molecular complexity index is 819. The van der Waals surface area contributed by atoms with Gasteiger partial charge >= 0.3 is 0 Å². The summed E-state index contributed by atoms with van der Waals surface area (Å²) in [7, 11) is 4.97. The van der Waals surface area contributed by atoms with Crippen LogP contribution < -0.4 is 24.8 Å². The van der Waals surface area contributed by atoms with Crippen molar-refractivity contribution in [2.45, 2.75) is 32.7 Å². The molecule has 6 heteroatoms. The topological polar surface area (TPSA) is 64.1 Å². The molecule has 0 saturated carbocycles. The molecule has 0 saturated heterocycles. The van der Waals surface area contributed by atoms with Crippen molar-refractivity contribution in [2.24, 2.45) is 4.99 Å². The second-order valence-corrected chi connectivity index (χ2v) is 7.35. The SMILES string of the molecule is CCNC(=NCc1cccc(OC)c1)NCC(C)(C)c1ccc(OC)c(OC)c1. The first-order chi connectivity index (χ1) is 13.9. The van der Waals surface area contributed by atoms with E-state index < -0.39 is 0 Å². The van der Waals surface area contributed by atoms with Gasteiger partial charge in [0, 0.05) is 18.5 Å². The van der Waals surface area contributed by atoms with Gasteiger partial charge in [-0.25, -0.2) is 4.99 Å². The van der Waals surface area contributed by atoms with Crippen molar-refractivity contribution in [3.05, 3.63) is 53.6 Å². The second kappa shape index (κ2) is 10.6. The van der Waals surface area contributed by atoms with Crippen LogP contribution in [0.1, 0.15) is 31.9 Å². The summed E-state index contributed by atoms with van der Waals surface area (Å²) in [6, 6.07) is 14.0. The molecule has 0 radical (unpaired) electrons. The fourth-order valence-corrected chi connectivity index (χ4v) is 2.95. The van der Waals surface area contributed by atoms with Crippen LogP contribution >= 0.6 is 0 Å². The van der Waals surface area contributed by atoms with Crippen LogP contribution in [0.4, 0.5) is 0 Å². The van der Waals surface area contributed by atoms with E-state index in [0.717, 1.165) is 40.9 Å². The number of nitrogens with zero attached hydrogens (tertiary/aromatic N) is 1. The highest BCUT2D eigenvalue weighted by molar-refractivity contribution is 5.79. The lowest BCUT2D eigenvalue weighted by atomic mass is 9.84. The molecule has 0 aromatic heterocycles. The van der Waals surface area contributed by atoms with Crippen LogP contribution in [0.3, 0.4) is 0 Å². The standard InChI is InChI=1S/C23H33N3O3/c1-7-24-22(25-15-17-9-8-10-19(13-17)27-4)26-16-23(2,3)18-11-12-20(28-5)21(14-18)29-6/h8-14H,7,15-16H2,1-6H3,(H2,24,25,26). The van der Waals surface area contributed by atoms with Gasteiger partial charge in [-0.1, -0.05) is 32.0 Å². The van der Waals surface area contributed by atoms with Crippen molar-refractivity contribution in [1.29, 1.82) is 0 Å². The van der Waals surface area contributed by atoms with Crippen LogP contribution in [0.25, 0.3) is 0 Å². The first kappa shape index (κ1) is 22.4. The van der Waals surface area contributed by atoms with Gasteiger partial charge < -0.3 is 24.8 Å². The molecule has 0 aliphatic carbocycles. The molecule has 29 heavy (non-hydrogen) atoms. The number of methoxy groups -OCH3 is 3. The van der Waals surface area contributed by atoms with E-state index >= 15 is 0 Å². The zero-order valence-corrected chi connectivity index (χ0v) is 18.3. The van der Waals surface area contributed by atoms with Crippen LogP contribution in [-0.4, -0.2) is 40.4 Å². The predicted molar refractivity (Wildman–Crippen MR) is 118 cm³/mol. The summed E-state index contributed by atoms with van der Waals surface area (Å²) in [5.74, 6) is 3.08. The molecule has 0 amide bonds. The van der Waals surface area contributed by atoms with Crippen molar-refractivity contribution in [2.75, 3.05) is 34.4 Å². The fourth-order valence-electron chi connectivity index (χ4n) is 2.95. The Kier molecular flexibility index (Phi) is 8.19. The number of guanidine groups is 1. The van der Waals surface area contributed by atoms with E-state index in [1.165, 1.54) is 0 Å². The molecule has 0 aliphatic rings. The molecular weight excluding hydrogens is 366 g/mol. The van der Waals surface area contributed by atoms with Gasteiger partial charge in [-0.3, -0.25) is 0 Å². The van der Waals surface area contributed by atoms with Gasteiger partial charge in [0.15, 0.2) is 17.5 Å². The molecule has 0 heterocycles. The van der Waals surface area contributed by atoms with Gasteiger partial charge in [0.1, 0.15) is 5.75 Å². The Labute approximate surface area is 174 Å². The van der Waals surface area contributed by atoms with Gasteiger partial charge in [0.05, 0.1) is 27.9 Å². The van der Waals surface area contributed by atoms with E-state index in [4.69, 9.17) is 19.2 Å². The summed E-state index contributed by atoms with van der Waals surface area (Å²) in [5.41, 5.74) is 2.12. The number of ether oxygens (including phenoxy) is 3. The van der Waals surface area contributed by atoms with Gasteiger partial charge in [-0.2, -0.15) is 0 Å². The number of nitrogens with one attached hydrogen (secondary N) is 2. The predicted octanol–water partition coefficient (Wildman–Crippen LogP) is 3.75. The molecule has 2 N–H and O–H groups in total. The highest BCUT2D eigenvalue weighted by Gasteiger charge is 2.22. The highest BCUT2D eigenvalue weighted by atomic mass is 16.5. The monoisotopic (exact) mass is 399 g/mol. The number of hydrogen-bond acceptors (Lipinski definition) is 4. The van der Waals surface area contributed by atoms with Gasteiger partial charge in [0.2, 0.25) is 0 Å². The molecule has 2 aromatic carbocycles. The van der Waals surface area contributed by atoms with Gasteiger partial charge in [-0.15, -0.1) is 0 Å².